The molecule has 2 aromatic rings. The molecule has 3 rings (SSSR count). The first-order valence-electron chi connectivity index (χ1n) is 8.50. The highest BCUT2D eigenvalue weighted by molar-refractivity contribution is 8.00. The molecular formula is C18H24N4OS. The molecule has 0 bridgehead atoms. The van der Waals surface area contributed by atoms with Crippen molar-refractivity contribution in [1.82, 2.24) is 19.7 Å². The average molecular weight is 344 g/mol. The summed E-state index contributed by atoms with van der Waals surface area (Å²) in [4.78, 5) is 15.1. The number of aryl methyl sites for hydroxylation is 1. The molecule has 0 unspecified atom stereocenters. The van der Waals surface area contributed by atoms with Crippen LogP contribution in [0.2, 0.25) is 0 Å². The van der Waals surface area contributed by atoms with Crippen LogP contribution in [0, 0.1) is 0 Å². The van der Waals surface area contributed by atoms with Crippen LogP contribution in [0.25, 0.3) is 0 Å². The predicted molar refractivity (Wildman–Crippen MR) is 95.8 cm³/mol. The molecule has 1 aromatic carbocycles. The van der Waals surface area contributed by atoms with Crippen LogP contribution in [-0.4, -0.2) is 43.4 Å². The third-order valence-electron chi connectivity index (χ3n) is 4.52. The lowest BCUT2D eigenvalue weighted by molar-refractivity contribution is -0.133. The Morgan fingerprint density at radius 3 is 2.83 bits per heavy atom. The van der Waals surface area contributed by atoms with Crippen molar-refractivity contribution in [2.75, 3.05) is 6.54 Å². The number of amides is 1. The second-order valence-electron chi connectivity index (χ2n) is 6.36. The number of carbonyl (C=O) groups excluding carboxylic acids is 1. The van der Waals surface area contributed by atoms with Gasteiger partial charge in [-0.05, 0) is 38.2 Å². The molecule has 128 valence electrons. The second-order valence-corrected chi connectivity index (χ2v) is 7.66. The number of thioether (sulfide) groups is 1. The van der Waals surface area contributed by atoms with Crippen molar-refractivity contribution in [3.05, 3.63) is 42.2 Å². The smallest absolute Gasteiger partial charge is 0.236 e. The number of benzene rings is 1. The monoisotopic (exact) mass is 344 g/mol. The molecule has 1 fully saturated rings. The van der Waals surface area contributed by atoms with Crippen LogP contribution < -0.4 is 0 Å². The van der Waals surface area contributed by atoms with Gasteiger partial charge in [-0.2, -0.15) is 0 Å². The zero-order valence-electron chi connectivity index (χ0n) is 14.3. The van der Waals surface area contributed by atoms with Crippen molar-refractivity contribution in [3.63, 3.8) is 0 Å². The number of carbonyl (C=O) groups is 1. The van der Waals surface area contributed by atoms with Crippen LogP contribution >= 0.6 is 11.8 Å². The molecule has 1 saturated heterocycles. The number of likely N-dealkylation sites (tertiary alicyclic amines) is 1. The van der Waals surface area contributed by atoms with Crippen molar-refractivity contribution in [2.24, 2.45) is 7.05 Å². The molecule has 0 radical (unpaired) electrons. The lowest BCUT2D eigenvalue weighted by Gasteiger charge is -2.37. The lowest BCUT2D eigenvalue weighted by atomic mass is 9.95. The summed E-state index contributed by atoms with van der Waals surface area (Å²) in [5, 5.41) is 8.60. The molecule has 0 saturated carbocycles. The van der Waals surface area contributed by atoms with Crippen LogP contribution in [0.4, 0.5) is 0 Å². The quantitative estimate of drug-likeness (QED) is 0.783. The standard InChI is InChI=1S/C18H24N4OS/c1-14(24-18-20-19-13-21(18)2)17(23)22-11-7-6-10-16(22)12-15-8-4-3-5-9-15/h3-5,8-9,13-14,16H,6-7,10-12H2,1-2H3/t14-,16+/m1/s1. The van der Waals surface area contributed by atoms with Crippen molar-refractivity contribution >= 4 is 17.7 Å². The normalized spacial score (nSPS) is 19.2. The van der Waals surface area contributed by atoms with E-state index in [0.717, 1.165) is 31.0 Å². The third kappa shape index (κ3) is 3.98. The maximum Gasteiger partial charge on any atom is 0.236 e. The van der Waals surface area contributed by atoms with Crippen molar-refractivity contribution in [1.29, 1.82) is 0 Å². The van der Waals surface area contributed by atoms with Crippen LogP contribution in [0.1, 0.15) is 31.7 Å². The molecule has 24 heavy (non-hydrogen) atoms. The molecule has 1 aliphatic rings. The largest absolute Gasteiger partial charge is 0.338 e. The summed E-state index contributed by atoms with van der Waals surface area (Å²) in [6, 6.07) is 10.8. The Labute approximate surface area is 147 Å². The Morgan fingerprint density at radius 2 is 2.12 bits per heavy atom. The third-order valence-corrected chi connectivity index (χ3v) is 5.66. The van der Waals surface area contributed by atoms with E-state index in [0.29, 0.717) is 6.04 Å². The number of hydrogen-bond donors (Lipinski definition) is 0. The van der Waals surface area contributed by atoms with Crippen molar-refractivity contribution in [2.45, 2.75) is 49.1 Å². The molecule has 0 aliphatic carbocycles. The molecule has 2 heterocycles. The zero-order valence-corrected chi connectivity index (χ0v) is 15.1. The van der Waals surface area contributed by atoms with Gasteiger partial charge in [0.15, 0.2) is 5.16 Å². The van der Waals surface area contributed by atoms with E-state index in [2.05, 4.69) is 39.4 Å². The Bertz CT molecular complexity index is 673. The maximum atomic E-state index is 13.0. The Hall–Kier alpha value is -1.82. The molecule has 1 aromatic heterocycles. The van der Waals surface area contributed by atoms with Crippen molar-refractivity contribution in [3.8, 4) is 0 Å². The molecule has 0 spiro atoms. The van der Waals surface area contributed by atoms with Gasteiger partial charge in [0, 0.05) is 19.6 Å². The number of rotatable bonds is 5. The van der Waals surface area contributed by atoms with Gasteiger partial charge >= 0.3 is 0 Å². The first-order chi connectivity index (χ1) is 11.6. The van der Waals surface area contributed by atoms with Crippen LogP contribution in [0.5, 0.6) is 0 Å². The Morgan fingerprint density at radius 1 is 1.33 bits per heavy atom. The van der Waals surface area contributed by atoms with Crippen LogP contribution in [0.3, 0.4) is 0 Å². The summed E-state index contributed by atoms with van der Waals surface area (Å²) in [6.07, 6.45) is 5.99. The predicted octanol–water partition coefficient (Wildman–Crippen LogP) is 2.92. The van der Waals surface area contributed by atoms with Gasteiger partial charge in [-0.25, -0.2) is 0 Å². The summed E-state index contributed by atoms with van der Waals surface area (Å²) in [7, 11) is 1.90. The molecule has 2 atom stereocenters. The van der Waals surface area contributed by atoms with E-state index in [1.165, 1.54) is 23.7 Å². The number of aromatic nitrogens is 3. The van der Waals surface area contributed by atoms with Crippen molar-refractivity contribution < 1.29 is 4.79 Å². The second kappa shape index (κ2) is 7.83. The minimum absolute atomic E-state index is 0.149. The maximum absolute atomic E-state index is 13.0. The molecular weight excluding hydrogens is 320 g/mol. The fraction of sp³-hybridized carbons (Fsp3) is 0.500. The molecule has 0 N–H and O–H groups in total. The van der Waals surface area contributed by atoms with Crippen LogP contribution in [0.15, 0.2) is 41.8 Å². The minimum Gasteiger partial charge on any atom is -0.338 e. The summed E-state index contributed by atoms with van der Waals surface area (Å²) < 4.78 is 1.85. The first kappa shape index (κ1) is 17.0. The number of piperidine rings is 1. The number of hydrogen-bond acceptors (Lipinski definition) is 4. The van der Waals surface area contributed by atoms with E-state index in [4.69, 9.17) is 0 Å². The topological polar surface area (TPSA) is 51.0 Å². The van der Waals surface area contributed by atoms with E-state index in [-0.39, 0.29) is 11.2 Å². The van der Waals surface area contributed by atoms with Gasteiger partial charge in [0.05, 0.1) is 5.25 Å². The fourth-order valence-corrected chi connectivity index (χ4v) is 4.07. The lowest BCUT2D eigenvalue weighted by Crippen LogP contribution is -2.47. The van der Waals surface area contributed by atoms with Gasteiger partial charge in [-0.3, -0.25) is 4.79 Å². The average Bonchev–Trinajstić information content (AvgIpc) is 3.00. The van der Waals surface area contributed by atoms with E-state index in [9.17, 15) is 4.79 Å². The molecule has 1 amide bonds. The first-order valence-corrected chi connectivity index (χ1v) is 9.38. The van der Waals surface area contributed by atoms with E-state index >= 15 is 0 Å². The summed E-state index contributed by atoms with van der Waals surface area (Å²) >= 11 is 1.49. The SMILES string of the molecule is C[C@@H](Sc1nncn1C)C(=O)N1CCCC[C@H]1Cc1ccccc1. The van der Waals surface area contributed by atoms with Gasteiger partial charge in [0.2, 0.25) is 5.91 Å². The molecule has 5 nitrogen and oxygen atoms in total. The zero-order chi connectivity index (χ0) is 16.9. The molecule has 1 aliphatic heterocycles. The van der Waals surface area contributed by atoms with Gasteiger partial charge < -0.3 is 9.47 Å². The van der Waals surface area contributed by atoms with Gasteiger partial charge in [-0.1, -0.05) is 42.1 Å². The number of nitrogens with zero attached hydrogens (tertiary/aromatic N) is 4. The summed E-state index contributed by atoms with van der Waals surface area (Å²) in [6.45, 7) is 2.83. The summed E-state index contributed by atoms with van der Waals surface area (Å²) in [5.74, 6) is 0.212. The summed E-state index contributed by atoms with van der Waals surface area (Å²) in [5.41, 5.74) is 1.30. The van der Waals surface area contributed by atoms with Gasteiger partial charge in [0.1, 0.15) is 6.33 Å². The minimum atomic E-state index is -0.149. The highest BCUT2D eigenvalue weighted by Crippen LogP contribution is 2.26. The van der Waals surface area contributed by atoms with E-state index in [1.54, 1.807) is 6.33 Å². The van der Waals surface area contributed by atoms with E-state index in [1.807, 2.05) is 24.6 Å². The fourth-order valence-electron chi connectivity index (χ4n) is 3.21. The highest BCUT2D eigenvalue weighted by Gasteiger charge is 2.30. The Kier molecular flexibility index (Phi) is 5.56. The van der Waals surface area contributed by atoms with Crippen LogP contribution in [-0.2, 0) is 18.3 Å². The van der Waals surface area contributed by atoms with E-state index < -0.39 is 0 Å². The highest BCUT2D eigenvalue weighted by atomic mass is 32.2. The molecule has 6 heteroatoms. The van der Waals surface area contributed by atoms with Gasteiger partial charge in [0.25, 0.3) is 0 Å². The van der Waals surface area contributed by atoms with Gasteiger partial charge in [-0.15, -0.1) is 10.2 Å². The Balaban J connectivity index is 1.67.